The SMILES string of the molecule is [2H]c1cc2c(oc3c([2H])c([2H])c([2H])c(N(c4ccc(-c5ccccc5)cc4)c4ccc(-c5ccccc5)c5c4oc4ccccc45)c32)c([2H])c1[2H]. The Kier molecular flexibility index (Phi) is 4.57. The van der Waals surface area contributed by atoms with E-state index in [1.165, 1.54) is 6.07 Å². The Morgan fingerprint density at radius 2 is 1.13 bits per heavy atom. The first-order valence-corrected chi connectivity index (χ1v) is 14.7. The predicted molar refractivity (Wildman–Crippen MR) is 187 cm³/mol. The number of anilines is 3. The van der Waals surface area contributed by atoms with Crippen molar-refractivity contribution in [3.8, 4) is 22.3 Å². The number of nitrogens with zero attached hydrogens (tertiary/aromatic N) is 1. The number of hydrogen-bond acceptors (Lipinski definition) is 3. The lowest BCUT2D eigenvalue weighted by molar-refractivity contribution is 0.668. The molecule has 0 saturated heterocycles. The minimum Gasteiger partial charge on any atom is -0.456 e. The first kappa shape index (κ1) is 20.0. The van der Waals surface area contributed by atoms with Gasteiger partial charge in [0.05, 0.1) is 25.0 Å². The van der Waals surface area contributed by atoms with Crippen LogP contribution in [0, 0.1) is 0 Å². The fraction of sp³-hybridized carbons (Fsp3) is 0. The largest absolute Gasteiger partial charge is 0.456 e. The first-order valence-electron chi connectivity index (χ1n) is 17.7. The maximum absolute atomic E-state index is 9.43. The summed E-state index contributed by atoms with van der Waals surface area (Å²) in [6.45, 7) is 0. The minimum absolute atomic E-state index is 0.00663. The zero-order valence-corrected chi connectivity index (χ0v) is 23.9. The maximum atomic E-state index is 9.43. The predicted octanol–water partition coefficient (Wildman–Crippen LogP) is 12.3. The Labute approximate surface area is 268 Å². The molecule has 0 aliphatic carbocycles. The summed E-state index contributed by atoms with van der Waals surface area (Å²) in [7, 11) is 0. The van der Waals surface area contributed by atoms with Crippen molar-refractivity contribution in [2.75, 3.05) is 4.90 Å². The highest BCUT2D eigenvalue weighted by molar-refractivity contribution is 6.19. The van der Waals surface area contributed by atoms with Crippen LogP contribution in [0.1, 0.15) is 8.22 Å². The maximum Gasteiger partial charge on any atom is 0.160 e. The Hall–Kier alpha value is -6.06. The molecule has 45 heavy (non-hydrogen) atoms. The Balaban J connectivity index is 1.42. The molecule has 0 fully saturated rings. The van der Waals surface area contributed by atoms with Crippen LogP contribution in [0.4, 0.5) is 17.1 Å². The molecule has 0 bridgehead atoms. The minimum atomic E-state index is -0.354. The van der Waals surface area contributed by atoms with Crippen molar-refractivity contribution in [1.82, 2.24) is 0 Å². The van der Waals surface area contributed by atoms with Crippen molar-refractivity contribution in [2.45, 2.75) is 0 Å². The van der Waals surface area contributed by atoms with Gasteiger partial charge in [0.1, 0.15) is 16.7 Å². The quantitative estimate of drug-likeness (QED) is 0.202. The highest BCUT2D eigenvalue weighted by atomic mass is 16.3. The molecular weight excluding hydrogens is 550 g/mol. The topological polar surface area (TPSA) is 29.5 Å². The zero-order valence-electron chi connectivity index (χ0n) is 29.9. The molecule has 212 valence electrons. The van der Waals surface area contributed by atoms with Gasteiger partial charge in [0.15, 0.2) is 5.58 Å². The third-order valence-corrected chi connectivity index (χ3v) is 8.29. The van der Waals surface area contributed by atoms with Gasteiger partial charge in [0.25, 0.3) is 0 Å². The first-order chi connectivity index (χ1) is 24.8. The zero-order chi connectivity index (χ0) is 35.0. The van der Waals surface area contributed by atoms with Crippen molar-refractivity contribution in [2.24, 2.45) is 0 Å². The smallest absolute Gasteiger partial charge is 0.160 e. The molecule has 0 atom stereocenters. The summed E-state index contributed by atoms with van der Waals surface area (Å²) >= 11 is 0. The normalized spacial score (nSPS) is 13.4. The van der Waals surface area contributed by atoms with Gasteiger partial charge >= 0.3 is 0 Å². The number of hydrogen-bond donors (Lipinski definition) is 0. The van der Waals surface area contributed by atoms with E-state index in [0.29, 0.717) is 33.3 Å². The summed E-state index contributed by atoms with van der Waals surface area (Å²) in [6, 6.07) is 39.5. The standard InChI is InChI=1S/C42H27NO2/c1-3-12-28(13-4-1)29-22-24-31(25-23-29)43(35-18-11-21-39-41(35)34-17-8-9-19-37(34)44-39)36-27-26-32(30-14-5-2-6-15-30)40-33-16-7-10-20-38(33)45-42(36)40/h1-27H/i8D,9D,11D,18D,19D,21D. The molecule has 3 nitrogen and oxygen atoms in total. The molecule has 2 heterocycles. The van der Waals surface area contributed by atoms with Crippen LogP contribution in [0.25, 0.3) is 66.1 Å². The summed E-state index contributed by atoms with van der Waals surface area (Å²) < 4.78 is 65.4. The van der Waals surface area contributed by atoms with Crippen LogP contribution in [0.5, 0.6) is 0 Å². The summed E-state index contributed by atoms with van der Waals surface area (Å²) in [5, 5.41) is 2.42. The number of para-hydroxylation sites is 2. The van der Waals surface area contributed by atoms with Crippen molar-refractivity contribution >= 4 is 60.9 Å². The number of rotatable bonds is 5. The molecule has 0 spiro atoms. The molecule has 0 aliphatic rings. The van der Waals surface area contributed by atoms with E-state index >= 15 is 0 Å². The van der Waals surface area contributed by atoms with Crippen molar-refractivity contribution < 1.29 is 17.1 Å². The van der Waals surface area contributed by atoms with Crippen LogP contribution in [0.3, 0.4) is 0 Å². The highest BCUT2D eigenvalue weighted by Crippen LogP contribution is 2.48. The van der Waals surface area contributed by atoms with Crippen LogP contribution in [0.2, 0.25) is 0 Å². The molecule has 0 aliphatic heterocycles. The lowest BCUT2D eigenvalue weighted by Gasteiger charge is -2.27. The van der Waals surface area contributed by atoms with Gasteiger partial charge in [0.2, 0.25) is 0 Å². The third-order valence-electron chi connectivity index (χ3n) is 8.29. The van der Waals surface area contributed by atoms with Gasteiger partial charge in [-0.1, -0.05) is 121 Å². The third kappa shape index (κ3) is 4.13. The van der Waals surface area contributed by atoms with E-state index in [1.807, 2.05) is 114 Å². The molecule has 9 rings (SSSR count). The summed E-state index contributed by atoms with van der Waals surface area (Å²) in [5.41, 5.74) is 6.75. The van der Waals surface area contributed by atoms with Crippen LogP contribution in [0.15, 0.2) is 172 Å². The van der Waals surface area contributed by atoms with Crippen molar-refractivity contribution in [3.05, 3.63) is 164 Å². The van der Waals surface area contributed by atoms with E-state index in [1.54, 1.807) is 0 Å². The summed E-state index contributed by atoms with van der Waals surface area (Å²) in [5.74, 6) is 0. The highest BCUT2D eigenvalue weighted by Gasteiger charge is 2.24. The molecule has 9 aromatic rings. The van der Waals surface area contributed by atoms with E-state index in [4.69, 9.17) is 15.7 Å². The fourth-order valence-electron chi connectivity index (χ4n) is 6.25. The van der Waals surface area contributed by atoms with Crippen molar-refractivity contribution in [3.63, 3.8) is 0 Å². The van der Waals surface area contributed by atoms with Crippen molar-refractivity contribution in [1.29, 1.82) is 0 Å². The fourth-order valence-corrected chi connectivity index (χ4v) is 6.25. The monoisotopic (exact) mass is 583 g/mol. The molecule has 0 radical (unpaired) electrons. The van der Waals surface area contributed by atoms with E-state index in [2.05, 4.69) is 12.1 Å². The lowest BCUT2D eigenvalue weighted by atomic mass is 9.98. The Morgan fingerprint density at radius 3 is 1.96 bits per heavy atom. The van der Waals surface area contributed by atoms with Gasteiger partial charge in [-0.05, 0) is 64.6 Å². The van der Waals surface area contributed by atoms with Crippen LogP contribution < -0.4 is 4.90 Å². The van der Waals surface area contributed by atoms with Gasteiger partial charge in [-0.25, -0.2) is 0 Å². The Bertz CT molecular complexity index is 2810. The molecule has 0 amide bonds. The second-order valence-electron chi connectivity index (χ2n) is 10.9. The van der Waals surface area contributed by atoms with E-state index < -0.39 is 0 Å². The number of furan rings is 2. The average Bonchev–Trinajstić information content (AvgIpc) is 3.75. The van der Waals surface area contributed by atoms with Gasteiger partial charge in [-0.2, -0.15) is 0 Å². The molecule has 0 saturated carbocycles. The average molecular weight is 584 g/mol. The summed E-state index contributed by atoms with van der Waals surface area (Å²) in [4.78, 5) is 1.85. The van der Waals surface area contributed by atoms with Gasteiger partial charge < -0.3 is 13.7 Å². The van der Waals surface area contributed by atoms with Gasteiger partial charge in [-0.15, -0.1) is 0 Å². The van der Waals surface area contributed by atoms with E-state index in [0.717, 1.165) is 33.0 Å². The lowest BCUT2D eigenvalue weighted by Crippen LogP contribution is -2.10. The molecule has 3 heteroatoms. The molecular formula is C42H27NO2. The van der Waals surface area contributed by atoms with Gasteiger partial charge in [0, 0.05) is 21.8 Å². The molecule has 2 aromatic heterocycles. The van der Waals surface area contributed by atoms with E-state index in [9.17, 15) is 1.37 Å². The Morgan fingerprint density at radius 1 is 0.444 bits per heavy atom. The molecule has 0 N–H and O–H groups in total. The second kappa shape index (κ2) is 10.3. The van der Waals surface area contributed by atoms with Crippen LogP contribution in [-0.2, 0) is 0 Å². The second-order valence-corrected chi connectivity index (χ2v) is 10.9. The van der Waals surface area contributed by atoms with Crippen LogP contribution in [-0.4, -0.2) is 0 Å². The van der Waals surface area contributed by atoms with Gasteiger partial charge in [-0.3, -0.25) is 0 Å². The van der Waals surface area contributed by atoms with Crippen LogP contribution >= 0.6 is 0 Å². The summed E-state index contributed by atoms with van der Waals surface area (Å²) in [6.07, 6.45) is 0. The number of benzene rings is 7. The molecule has 0 unspecified atom stereocenters. The molecule has 7 aromatic carbocycles. The number of fused-ring (bicyclic) bond motifs is 6. The van der Waals surface area contributed by atoms with E-state index in [-0.39, 0.29) is 53.1 Å².